The molecule has 3 fully saturated rings. The molecule has 1 aromatic rings. The SMILES string of the molecule is OC(c1cc2c(cc1Cl)OCCO2)C1C2C3CCC(C3)C21. The lowest BCUT2D eigenvalue weighted by Crippen LogP contribution is -2.16. The van der Waals surface area contributed by atoms with Gasteiger partial charge in [0.05, 0.1) is 11.1 Å². The topological polar surface area (TPSA) is 38.7 Å². The second-order valence-corrected chi connectivity index (χ2v) is 7.43. The Balaban J connectivity index is 1.45. The molecule has 5 unspecified atom stereocenters. The molecule has 0 aromatic heterocycles. The van der Waals surface area contributed by atoms with Crippen molar-refractivity contribution in [3.05, 3.63) is 22.7 Å². The van der Waals surface area contributed by atoms with Gasteiger partial charge in [-0.1, -0.05) is 11.6 Å². The summed E-state index contributed by atoms with van der Waals surface area (Å²) in [5, 5.41) is 11.4. The van der Waals surface area contributed by atoms with Crippen molar-refractivity contribution in [2.45, 2.75) is 25.4 Å². The summed E-state index contributed by atoms with van der Waals surface area (Å²) in [7, 11) is 0. The monoisotopic (exact) mass is 306 g/mol. The number of ether oxygens (including phenoxy) is 2. The number of aliphatic hydroxyl groups excluding tert-OH is 1. The first-order valence-electron chi connectivity index (χ1n) is 8.01. The van der Waals surface area contributed by atoms with Gasteiger partial charge in [-0.15, -0.1) is 0 Å². The Hall–Kier alpha value is -0.930. The molecule has 21 heavy (non-hydrogen) atoms. The molecule has 1 N–H and O–H groups in total. The Morgan fingerprint density at radius 3 is 2.33 bits per heavy atom. The summed E-state index contributed by atoms with van der Waals surface area (Å²) in [6.07, 6.45) is 3.67. The Morgan fingerprint density at radius 2 is 1.67 bits per heavy atom. The average Bonchev–Trinajstić information content (AvgIpc) is 2.93. The third kappa shape index (κ3) is 1.71. The van der Waals surface area contributed by atoms with Crippen molar-refractivity contribution in [2.75, 3.05) is 13.2 Å². The van der Waals surface area contributed by atoms with E-state index in [2.05, 4.69) is 0 Å². The van der Waals surface area contributed by atoms with Gasteiger partial charge in [-0.05, 0) is 54.9 Å². The number of benzene rings is 1. The Morgan fingerprint density at radius 1 is 1.05 bits per heavy atom. The summed E-state index contributed by atoms with van der Waals surface area (Å²) in [5.74, 6) is 5.01. The lowest BCUT2D eigenvalue weighted by atomic mass is 9.94. The van der Waals surface area contributed by atoms with Gasteiger partial charge in [0, 0.05) is 11.6 Å². The molecule has 0 amide bonds. The quantitative estimate of drug-likeness (QED) is 0.909. The van der Waals surface area contributed by atoms with Crippen molar-refractivity contribution in [3.8, 4) is 11.5 Å². The fourth-order valence-electron chi connectivity index (χ4n) is 5.33. The molecular weight excluding hydrogens is 288 g/mol. The number of aliphatic hydroxyl groups is 1. The van der Waals surface area contributed by atoms with Crippen LogP contribution in [0.25, 0.3) is 0 Å². The van der Waals surface area contributed by atoms with E-state index in [0.29, 0.717) is 35.7 Å². The maximum Gasteiger partial charge on any atom is 0.162 e. The molecule has 1 aliphatic heterocycles. The lowest BCUT2D eigenvalue weighted by Gasteiger charge is -2.22. The molecule has 3 aliphatic carbocycles. The zero-order valence-corrected chi connectivity index (χ0v) is 12.6. The number of halogens is 1. The van der Waals surface area contributed by atoms with E-state index in [0.717, 1.165) is 29.2 Å². The molecule has 1 heterocycles. The van der Waals surface area contributed by atoms with Crippen LogP contribution in [-0.2, 0) is 0 Å². The van der Waals surface area contributed by atoms with Gasteiger partial charge < -0.3 is 14.6 Å². The van der Waals surface area contributed by atoms with Crippen molar-refractivity contribution >= 4 is 11.6 Å². The summed E-state index contributed by atoms with van der Waals surface area (Å²) in [5.41, 5.74) is 0.819. The molecule has 1 aromatic carbocycles. The molecule has 5 rings (SSSR count). The molecule has 4 heteroatoms. The first kappa shape index (κ1) is 12.6. The average molecular weight is 307 g/mol. The van der Waals surface area contributed by atoms with Crippen LogP contribution < -0.4 is 9.47 Å². The van der Waals surface area contributed by atoms with Crippen LogP contribution in [0, 0.1) is 29.6 Å². The van der Waals surface area contributed by atoms with Crippen molar-refractivity contribution in [2.24, 2.45) is 29.6 Å². The van der Waals surface area contributed by atoms with E-state index in [1.165, 1.54) is 19.3 Å². The molecule has 0 spiro atoms. The van der Waals surface area contributed by atoms with Gasteiger partial charge in [-0.2, -0.15) is 0 Å². The summed E-state index contributed by atoms with van der Waals surface area (Å²) in [6.45, 7) is 1.12. The van der Waals surface area contributed by atoms with Crippen LogP contribution in [0.3, 0.4) is 0 Å². The van der Waals surface area contributed by atoms with E-state index >= 15 is 0 Å². The standard InChI is InChI=1S/C17H19ClO3/c18-11-7-13-12(20-3-4-21-13)6-10(11)17(19)16-14-8-1-2-9(5-8)15(14)16/h6-9,14-17,19H,1-5H2. The number of hydrogen-bond acceptors (Lipinski definition) is 3. The van der Waals surface area contributed by atoms with Crippen molar-refractivity contribution in [1.82, 2.24) is 0 Å². The van der Waals surface area contributed by atoms with Gasteiger partial charge in [-0.3, -0.25) is 0 Å². The molecular formula is C17H19ClO3. The zero-order chi connectivity index (χ0) is 14.1. The van der Waals surface area contributed by atoms with Crippen LogP contribution in [0.4, 0.5) is 0 Å². The second-order valence-electron chi connectivity index (χ2n) is 7.03. The molecule has 4 aliphatic rings. The van der Waals surface area contributed by atoms with Gasteiger partial charge in [-0.25, -0.2) is 0 Å². The molecule has 0 radical (unpaired) electrons. The van der Waals surface area contributed by atoms with E-state index in [4.69, 9.17) is 21.1 Å². The van der Waals surface area contributed by atoms with E-state index in [-0.39, 0.29) is 0 Å². The van der Waals surface area contributed by atoms with Crippen LogP contribution >= 0.6 is 11.6 Å². The third-order valence-electron chi connectivity index (χ3n) is 6.14. The summed E-state index contributed by atoms with van der Waals surface area (Å²) >= 11 is 6.38. The number of hydrogen-bond donors (Lipinski definition) is 1. The maximum atomic E-state index is 10.8. The molecule has 5 atom stereocenters. The second kappa shape index (κ2) is 4.30. The van der Waals surface area contributed by atoms with Crippen LogP contribution in [0.1, 0.15) is 30.9 Å². The fourth-order valence-corrected chi connectivity index (χ4v) is 5.59. The third-order valence-corrected chi connectivity index (χ3v) is 6.47. The molecule has 2 bridgehead atoms. The van der Waals surface area contributed by atoms with Crippen LogP contribution in [-0.4, -0.2) is 18.3 Å². The molecule has 112 valence electrons. The van der Waals surface area contributed by atoms with E-state index in [1.54, 1.807) is 6.07 Å². The summed E-state index contributed by atoms with van der Waals surface area (Å²) in [4.78, 5) is 0. The summed E-state index contributed by atoms with van der Waals surface area (Å²) < 4.78 is 11.2. The smallest absolute Gasteiger partial charge is 0.162 e. The van der Waals surface area contributed by atoms with E-state index in [9.17, 15) is 5.11 Å². The highest BCUT2D eigenvalue weighted by molar-refractivity contribution is 6.31. The zero-order valence-electron chi connectivity index (χ0n) is 11.8. The largest absolute Gasteiger partial charge is 0.486 e. The fraction of sp³-hybridized carbons (Fsp3) is 0.647. The normalized spacial score (nSPS) is 40.0. The first-order chi connectivity index (χ1) is 10.2. The predicted octanol–water partition coefficient (Wildman–Crippen LogP) is 3.44. The first-order valence-corrected chi connectivity index (χ1v) is 8.39. The predicted molar refractivity (Wildman–Crippen MR) is 78.7 cm³/mol. The number of rotatable bonds is 2. The Bertz CT molecular complexity index is 586. The highest BCUT2D eigenvalue weighted by Crippen LogP contribution is 2.72. The Labute approximate surface area is 129 Å². The van der Waals surface area contributed by atoms with Gasteiger partial charge in [0.2, 0.25) is 0 Å². The lowest BCUT2D eigenvalue weighted by molar-refractivity contribution is 0.128. The molecule has 3 nitrogen and oxygen atoms in total. The highest BCUT2D eigenvalue weighted by Gasteiger charge is 2.66. The van der Waals surface area contributed by atoms with Crippen LogP contribution in [0.2, 0.25) is 5.02 Å². The van der Waals surface area contributed by atoms with Crippen LogP contribution in [0.5, 0.6) is 11.5 Å². The number of fused-ring (bicyclic) bond motifs is 6. The Kier molecular flexibility index (Phi) is 2.58. The minimum absolute atomic E-state index is 0.413. The van der Waals surface area contributed by atoms with Crippen molar-refractivity contribution in [1.29, 1.82) is 0 Å². The van der Waals surface area contributed by atoms with Crippen molar-refractivity contribution in [3.63, 3.8) is 0 Å². The van der Waals surface area contributed by atoms with Gasteiger partial charge in [0.15, 0.2) is 11.5 Å². The minimum Gasteiger partial charge on any atom is -0.486 e. The van der Waals surface area contributed by atoms with Gasteiger partial charge in [0.25, 0.3) is 0 Å². The van der Waals surface area contributed by atoms with E-state index < -0.39 is 6.10 Å². The van der Waals surface area contributed by atoms with Crippen molar-refractivity contribution < 1.29 is 14.6 Å². The molecule has 3 saturated carbocycles. The summed E-state index contributed by atoms with van der Waals surface area (Å²) in [6, 6.07) is 3.68. The highest BCUT2D eigenvalue weighted by atomic mass is 35.5. The van der Waals surface area contributed by atoms with E-state index in [1.807, 2.05) is 6.07 Å². The maximum absolute atomic E-state index is 10.8. The minimum atomic E-state index is -0.452. The van der Waals surface area contributed by atoms with Crippen LogP contribution in [0.15, 0.2) is 12.1 Å². The van der Waals surface area contributed by atoms with Gasteiger partial charge >= 0.3 is 0 Å². The van der Waals surface area contributed by atoms with Gasteiger partial charge in [0.1, 0.15) is 13.2 Å². The molecule has 0 saturated heterocycles.